The Bertz CT molecular complexity index is 1090. The average Bonchev–Trinajstić information content (AvgIpc) is 2.85. The summed E-state index contributed by atoms with van der Waals surface area (Å²) in [5.74, 6) is -0.0954. The topological polar surface area (TPSA) is 105 Å². The maximum absolute atomic E-state index is 13.6. The summed E-state index contributed by atoms with van der Waals surface area (Å²) < 4.78 is 37.0. The number of benzene rings is 2. The van der Waals surface area contributed by atoms with E-state index in [1.165, 1.54) is 25.2 Å². The SMILES string of the molecule is CCCCNC(=O)[C@H](C)N(Cc1ccccc1)C(=O)CN(c1ccc(OC)cc1OC)S(C)(=O)=O. The Kier molecular flexibility index (Phi) is 10.4. The van der Waals surface area contributed by atoms with Crippen molar-refractivity contribution in [3.05, 3.63) is 54.1 Å². The van der Waals surface area contributed by atoms with Crippen molar-refractivity contribution in [1.82, 2.24) is 10.2 Å². The monoisotopic (exact) mass is 505 g/mol. The minimum Gasteiger partial charge on any atom is -0.497 e. The molecule has 2 aromatic rings. The fraction of sp³-hybridized carbons (Fsp3) is 0.440. The summed E-state index contributed by atoms with van der Waals surface area (Å²) in [5.41, 5.74) is 1.02. The van der Waals surface area contributed by atoms with E-state index in [4.69, 9.17) is 9.47 Å². The molecular formula is C25H35N3O6S. The third-order valence-corrected chi connectivity index (χ3v) is 6.65. The first-order chi connectivity index (χ1) is 16.6. The molecule has 1 atom stereocenters. The van der Waals surface area contributed by atoms with Crippen molar-refractivity contribution in [2.45, 2.75) is 39.3 Å². The zero-order chi connectivity index (χ0) is 26.0. The van der Waals surface area contributed by atoms with Gasteiger partial charge in [0.15, 0.2) is 0 Å². The van der Waals surface area contributed by atoms with Gasteiger partial charge >= 0.3 is 0 Å². The summed E-state index contributed by atoms with van der Waals surface area (Å²) in [4.78, 5) is 27.8. The molecule has 10 heteroatoms. The number of anilines is 1. The van der Waals surface area contributed by atoms with E-state index in [2.05, 4.69) is 5.32 Å². The van der Waals surface area contributed by atoms with Crippen LogP contribution < -0.4 is 19.1 Å². The van der Waals surface area contributed by atoms with Crippen LogP contribution in [0.15, 0.2) is 48.5 Å². The number of methoxy groups -OCH3 is 2. The highest BCUT2D eigenvalue weighted by Crippen LogP contribution is 2.33. The predicted molar refractivity (Wildman–Crippen MR) is 136 cm³/mol. The molecule has 0 unspecified atom stereocenters. The highest BCUT2D eigenvalue weighted by atomic mass is 32.2. The number of carbonyl (C=O) groups excluding carboxylic acids is 2. The van der Waals surface area contributed by atoms with Crippen molar-refractivity contribution in [3.8, 4) is 11.5 Å². The first-order valence-electron chi connectivity index (χ1n) is 11.4. The minimum atomic E-state index is -3.87. The van der Waals surface area contributed by atoms with Crippen molar-refractivity contribution in [2.75, 3.05) is 37.9 Å². The lowest BCUT2D eigenvalue weighted by atomic mass is 10.1. The summed E-state index contributed by atoms with van der Waals surface area (Å²) in [6.07, 6.45) is 2.77. The molecule has 0 aliphatic carbocycles. The van der Waals surface area contributed by atoms with E-state index in [-0.39, 0.29) is 23.9 Å². The maximum atomic E-state index is 13.6. The second kappa shape index (κ2) is 13.0. The second-order valence-electron chi connectivity index (χ2n) is 8.14. The molecule has 192 valence electrons. The molecule has 0 aliphatic heterocycles. The number of unbranched alkanes of at least 4 members (excludes halogenated alkanes) is 1. The van der Waals surface area contributed by atoms with Gasteiger partial charge < -0.3 is 19.7 Å². The molecule has 2 aromatic carbocycles. The summed E-state index contributed by atoms with van der Waals surface area (Å²) >= 11 is 0. The van der Waals surface area contributed by atoms with Gasteiger partial charge in [-0.2, -0.15) is 0 Å². The molecule has 0 heterocycles. The van der Waals surface area contributed by atoms with E-state index in [0.29, 0.717) is 12.3 Å². The Morgan fingerprint density at radius 2 is 1.74 bits per heavy atom. The van der Waals surface area contributed by atoms with Crippen LogP contribution in [0.3, 0.4) is 0 Å². The van der Waals surface area contributed by atoms with Gasteiger partial charge in [0.25, 0.3) is 0 Å². The molecule has 0 aromatic heterocycles. The van der Waals surface area contributed by atoms with Crippen LogP contribution >= 0.6 is 0 Å². The molecule has 35 heavy (non-hydrogen) atoms. The molecule has 1 N–H and O–H groups in total. The van der Waals surface area contributed by atoms with E-state index in [9.17, 15) is 18.0 Å². The average molecular weight is 506 g/mol. The number of sulfonamides is 1. The van der Waals surface area contributed by atoms with Gasteiger partial charge in [0.1, 0.15) is 24.1 Å². The number of hydrogen-bond acceptors (Lipinski definition) is 6. The molecule has 0 saturated carbocycles. The van der Waals surface area contributed by atoms with Crippen molar-refractivity contribution < 1.29 is 27.5 Å². The maximum Gasteiger partial charge on any atom is 0.244 e. The molecule has 0 fully saturated rings. The number of nitrogens with one attached hydrogen (secondary N) is 1. The zero-order valence-electron chi connectivity index (χ0n) is 21.0. The van der Waals surface area contributed by atoms with Gasteiger partial charge in [-0.25, -0.2) is 8.42 Å². The summed E-state index contributed by atoms with van der Waals surface area (Å²) in [6.45, 7) is 3.82. The fourth-order valence-corrected chi connectivity index (χ4v) is 4.34. The molecule has 0 bridgehead atoms. The van der Waals surface area contributed by atoms with Crippen LogP contribution in [0.5, 0.6) is 11.5 Å². The van der Waals surface area contributed by atoms with Gasteiger partial charge in [-0.1, -0.05) is 43.7 Å². The van der Waals surface area contributed by atoms with Gasteiger partial charge in [-0.15, -0.1) is 0 Å². The van der Waals surface area contributed by atoms with Crippen molar-refractivity contribution >= 4 is 27.5 Å². The third-order valence-electron chi connectivity index (χ3n) is 5.53. The van der Waals surface area contributed by atoms with Crippen molar-refractivity contribution in [2.24, 2.45) is 0 Å². The smallest absolute Gasteiger partial charge is 0.244 e. The lowest BCUT2D eigenvalue weighted by Crippen LogP contribution is -2.51. The molecule has 0 saturated heterocycles. The first kappa shape index (κ1) is 28.0. The predicted octanol–water partition coefficient (Wildman–Crippen LogP) is 2.80. The third kappa shape index (κ3) is 7.88. The van der Waals surface area contributed by atoms with E-state index in [1.54, 1.807) is 19.1 Å². The van der Waals surface area contributed by atoms with Crippen LogP contribution in [0.4, 0.5) is 5.69 Å². The molecule has 2 rings (SSSR count). The lowest BCUT2D eigenvalue weighted by Gasteiger charge is -2.32. The Morgan fingerprint density at radius 1 is 1.06 bits per heavy atom. The molecule has 9 nitrogen and oxygen atoms in total. The summed E-state index contributed by atoms with van der Waals surface area (Å²) in [5, 5.41) is 2.85. The highest BCUT2D eigenvalue weighted by Gasteiger charge is 2.31. The highest BCUT2D eigenvalue weighted by molar-refractivity contribution is 7.92. The second-order valence-corrected chi connectivity index (χ2v) is 10.0. The Hall–Kier alpha value is -3.27. The van der Waals surface area contributed by atoms with Crippen molar-refractivity contribution in [3.63, 3.8) is 0 Å². The Morgan fingerprint density at radius 3 is 2.31 bits per heavy atom. The van der Waals surface area contributed by atoms with Crippen LogP contribution in [-0.2, 0) is 26.2 Å². The number of ether oxygens (including phenoxy) is 2. The standard InChI is InChI=1S/C25H35N3O6S/c1-6-7-15-26-25(30)19(2)27(17-20-11-9-8-10-12-20)24(29)18-28(35(5,31)32)22-14-13-21(33-3)16-23(22)34-4/h8-14,16,19H,6-7,15,17-18H2,1-5H3,(H,26,30)/t19-/m0/s1. The van der Waals surface area contributed by atoms with Gasteiger partial charge in [-0.05, 0) is 31.0 Å². The zero-order valence-corrected chi connectivity index (χ0v) is 21.8. The summed E-state index contributed by atoms with van der Waals surface area (Å²) in [6, 6.07) is 13.1. The van der Waals surface area contributed by atoms with Gasteiger partial charge in [-0.3, -0.25) is 13.9 Å². The number of nitrogens with zero attached hydrogens (tertiary/aromatic N) is 2. The van der Waals surface area contributed by atoms with E-state index in [1.807, 2.05) is 37.3 Å². The van der Waals surface area contributed by atoms with Gasteiger partial charge in [0.05, 0.1) is 26.2 Å². The number of hydrogen-bond donors (Lipinski definition) is 1. The molecule has 0 aliphatic rings. The van der Waals surface area contributed by atoms with E-state index in [0.717, 1.165) is 29.0 Å². The Balaban J connectivity index is 2.39. The van der Waals surface area contributed by atoms with Crippen LogP contribution in [0, 0.1) is 0 Å². The number of carbonyl (C=O) groups is 2. The number of rotatable bonds is 13. The molecular weight excluding hydrogens is 470 g/mol. The largest absolute Gasteiger partial charge is 0.497 e. The van der Waals surface area contributed by atoms with Gasteiger partial charge in [0.2, 0.25) is 21.8 Å². The van der Waals surface area contributed by atoms with Gasteiger partial charge in [0, 0.05) is 19.2 Å². The molecule has 0 spiro atoms. The van der Waals surface area contributed by atoms with Crippen LogP contribution in [0.25, 0.3) is 0 Å². The van der Waals surface area contributed by atoms with Crippen LogP contribution in [0.2, 0.25) is 0 Å². The lowest BCUT2D eigenvalue weighted by molar-refractivity contribution is -0.139. The minimum absolute atomic E-state index is 0.152. The summed E-state index contributed by atoms with van der Waals surface area (Å²) in [7, 11) is -0.976. The van der Waals surface area contributed by atoms with Crippen molar-refractivity contribution in [1.29, 1.82) is 0 Å². The first-order valence-corrected chi connectivity index (χ1v) is 13.3. The van der Waals surface area contributed by atoms with Crippen LogP contribution in [-0.4, -0.2) is 64.7 Å². The molecule has 2 amide bonds. The van der Waals surface area contributed by atoms with Crippen LogP contribution in [0.1, 0.15) is 32.3 Å². The van der Waals surface area contributed by atoms with E-state index >= 15 is 0 Å². The quantitative estimate of drug-likeness (QED) is 0.420. The normalized spacial score (nSPS) is 11.9. The fourth-order valence-electron chi connectivity index (χ4n) is 3.48. The Labute approximate surface area is 208 Å². The molecule has 0 radical (unpaired) electrons. The number of amides is 2. The van der Waals surface area contributed by atoms with E-state index < -0.39 is 28.5 Å².